The lowest BCUT2D eigenvalue weighted by Crippen LogP contribution is -2.19. The molecule has 106 valence electrons. The Morgan fingerprint density at radius 2 is 1.80 bits per heavy atom. The quantitative estimate of drug-likeness (QED) is 0.921. The Morgan fingerprint density at radius 3 is 2.45 bits per heavy atom. The highest BCUT2D eigenvalue weighted by molar-refractivity contribution is 7.85. The fourth-order valence-electron chi connectivity index (χ4n) is 1.95. The normalized spacial score (nSPS) is 13.9. The summed E-state index contributed by atoms with van der Waals surface area (Å²) in [5, 5.41) is 0. The van der Waals surface area contributed by atoms with E-state index in [1.165, 1.54) is 0 Å². The lowest BCUT2D eigenvalue weighted by atomic mass is 10.0. The monoisotopic (exact) mass is 295 g/mol. The molecule has 2 atom stereocenters. The maximum absolute atomic E-state index is 13.6. The summed E-state index contributed by atoms with van der Waals surface area (Å²) < 4.78 is 38.9. The second-order valence-electron chi connectivity index (χ2n) is 4.43. The van der Waals surface area contributed by atoms with E-state index in [1.807, 2.05) is 30.3 Å². The van der Waals surface area contributed by atoms with Gasteiger partial charge in [0.05, 0.1) is 15.7 Å². The van der Waals surface area contributed by atoms with E-state index in [-0.39, 0.29) is 16.6 Å². The standard InChI is InChI=1S/C15H15F2NOS/c16-13-6-7-14(17)15(8-13)20(19)10-12(9-18)11-4-2-1-3-5-11/h1-8,12H,9-10,18H2. The number of nitrogens with two attached hydrogens (primary N) is 1. The fourth-order valence-corrected chi connectivity index (χ4v) is 3.35. The van der Waals surface area contributed by atoms with Crippen LogP contribution in [-0.4, -0.2) is 16.5 Å². The third kappa shape index (κ3) is 3.49. The lowest BCUT2D eigenvalue weighted by molar-refractivity contribution is 0.571. The van der Waals surface area contributed by atoms with Gasteiger partial charge in [0.2, 0.25) is 0 Å². The molecule has 0 saturated heterocycles. The largest absolute Gasteiger partial charge is 0.330 e. The van der Waals surface area contributed by atoms with Gasteiger partial charge in [-0.05, 0) is 23.8 Å². The van der Waals surface area contributed by atoms with Gasteiger partial charge in [0, 0.05) is 18.2 Å². The molecule has 0 fully saturated rings. The van der Waals surface area contributed by atoms with Gasteiger partial charge in [-0.2, -0.15) is 0 Å². The van der Waals surface area contributed by atoms with Crippen LogP contribution in [0.15, 0.2) is 53.4 Å². The molecule has 0 aliphatic heterocycles. The molecule has 5 heteroatoms. The van der Waals surface area contributed by atoms with Crippen molar-refractivity contribution < 1.29 is 13.0 Å². The highest BCUT2D eigenvalue weighted by Crippen LogP contribution is 2.21. The number of hydrogen-bond donors (Lipinski definition) is 1. The van der Waals surface area contributed by atoms with Gasteiger partial charge in [-0.25, -0.2) is 8.78 Å². The topological polar surface area (TPSA) is 43.1 Å². The van der Waals surface area contributed by atoms with Crippen molar-refractivity contribution in [3.63, 3.8) is 0 Å². The van der Waals surface area contributed by atoms with Crippen LogP contribution in [0, 0.1) is 11.6 Å². The van der Waals surface area contributed by atoms with Crippen molar-refractivity contribution in [1.29, 1.82) is 0 Å². The number of rotatable bonds is 5. The van der Waals surface area contributed by atoms with Crippen molar-refractivity contribution in [1.82, 2.24) is 0 Å². The van der Waals surface area contributed by atoms with Crippen LogP contribution >= 0.6 is 0 Å². The molecule has 0 aliphatic carbocycles. The molecule has 2 aromatic rings. The summed E-state index contributed by atoms with van der Waals surface area (Å²) in [6.07, 6.45) is 0. The van der Waals surface area contributed by atoms with Crippen molar-refractivity contribution in [3.8, 4) is 0 Å². The minimum Gasteiger partial charge on any atom is -0.330 e. The van der Waals surface area contributed by atoms with Crippen LogP contribution in [0.1, 0.15) is 11.5 Å². The summed E-state index contributed by atoms with van der Waals surface area (Å²) in [7, 11) is -1.63. The van der Waals surface area contributed by atoms with Gasteiger partial charge in [0.25, 0.3) is 0 Å². The predicted octanol–water partition coefficient (Wildman–Crippen LogP) is 2.81. The van der Waals surface area contributed by atoms with Gasteiger partial charge in [0.1, 0.15) is 11.6 Å². The first kappa shape index (κ1) is 14.8. The molecule has 0 aliphatic rings. The van der Waals surface area contributed by atoms with Crippen molar-refractivity contribution in [3.05, 3.63) is 65.7 Å². The molecular formula is C15H15F2NOS. The molecule has 2 aromatic carbocycles. The minimum absolute atomic E-state index is 0.112. The highest BCUT2D eigenvalue weighted by Gasteiger charge is 2.17. The van der Waals surface area contributed by atoms with Gasteiger partial charge in [-0.3, -0.25) is 4.21 Å². The Balaban J connectivity index is 2.20. The van der Waals surface area contributed by atoms with Crippen molar-refractivity contribution in [2.75, 3.05) is 12.3 Å². The fraction of sp³-hybridized carbons (Fsp3) is 0.200. The van der Waals surface area contributed by atoms with Crippen molar-refractivity contribution in [2.24, 2.45) is 5.73 Å². The summed E-state index contributed by atoms with van der Waals surface area (Å²) >= 11 is 0. The highest BCUT2D eigenvalue weighted by atomic mass is 32.2. The summed E-state index contributed by atoms with van der Waals surface area (Å²) in [5.41, 5.74) is 6.64. The minimum atomic E-state index is -1.63. The van der Waals surface area contributed by atoms with Crippen molar-refractivity contribution in [2.45, 2.75) is 10.8 Å². The molecule has 2 rings (SSSR count). The van der Waals surface area contributed by atoms with Gasteiger partial charge >= 0.3 is 0 Å². The van der Waals surface area contributed by atoms with Gasteiger partial charge in [-0.15, -0.1) is 0 Å². The SMILES string of the molecule is NCC(CS(=O)c1cc(F)ccc1F)c1ccccc1. The second kappa shape index (κ2) is 6.72. The third-order valence-electron chi connectivity index (χ3n) is 3.05. The molecule has 0 bridgehead atoms. The van der Waals surface area contributed by atoms with Crippen LogP contribution in [0.3, 0.4) is 0 Å². The van der Waals surface area contributed by atoms with Crippen LogP contribution in [0.2, 0.25) is 0 Å². The molecule has 0 saturated carbocycles. The molecule has 0 aromatic heterocycles. The van der Waals surface area contributed by atoms with Gasteiger partial charge < -0.3 is 5.73 Å². The third-order valence-corrected chi connectivity index (χ3v) is 4.56. The molecule has 20 heavy (non-hydrogen) atoms. The Bertz CT molecular complexity index is 604. The number of benzene rings is 2. The number of halogens is 2. The van der Waals surface area contributed by atoms with Crippen LogP contribution < -0.4 is 5.73 Å². The average molecular weight is 295 g/mol. The van der Waals surface area contributed by atoms with Crippen LogP contribution in [-0.2, 0) is 10.8 Å². The molecule has 2 nitrogen and oxygen atoms in total. The van der Waals surface area contributed by atoms with Crippen LogP contribution in [0.4, 0.5) is 8.78 Å². The van der Waals surface area contributed by atoms with Crippen LogP contribution in [0.5, 0.6) is 0 Å². The maximum atomic E-state index is 13.6. The van der Waals surface area contributed by atoms with E-state index in [9.17, 15) is 13.0 Å². The van der Waals surface area contributed by atoms with Crippen LogP contribution in [0.25, 0.3) is 0 Å². The number of hydrogen-bond acceptors (Lipinski definition) is 2. The molecule has 0 heterocycles. The first-order chi connectivity index (χ1) is 9.61. The summed E-state index contributed by atoms with van der Waals surface area (Å²) in [6.45, 7) is 0.298. The first-order valence-corrected chi connectivity index (χ1v) is 7.52. The average Bonchev–Trinajstić information content (AvgIpc) is 2.48. The summed E-state index contributed by atoms with van der Waals surface area (Å²) in [6, 6.07) is 12.3. The maximum Gasteiger partial charge on any atom is 0.139 e. The Kier molecular flexibility index (Phi) is 4.98. The van der Waals surface area contributed by atoms with Gasteiger partial charge in [0.15, 0.2) is 0 Å². The zero-order valence-electron chi connectivity index (χ0n) is 10.8. The molecule has 0 radical (unpaired) electrons. The molecule has 2 N–H and O–H groups in total. The Morgan fingerprint density at radius 1 is 1.10 bits per heavy atom. The molecule has 0 spiro atoms. The smallest absolute Gasteiger partial charge is 0.139 e. The van der Waals surface area contributed by atoms with E-state index >= 15 is 0 Å². The van der Waals surface area contributed by atoms with E-state index < -0.39 is 22.4 Å². The predicted molar refractivity (Wildman–Crippen MR) is 75.9 cm³/mol. The van der Waals surface area contributed by atoms with E-state index in [0.717, 1.165) is 23.8 Å². The van der Waals surface area contributed by atoms with E-state index in [4.69, 9.17) is 5.73 Å². The van der Waals surface area contributed by atoms with E-state index in [0.29, 0.717) is 6.54 Å². The molecule has 2 unspecified atom stereocenters. The van der Waals surface area contributed by atoms with Crippen molar-refractivity contribution >= 4 is 10.8 Å². The second-order valence-corrected chi connectivity index (χ2v) is 5.89. The summed E-state index contributed by atoms with van der Waals surface area (Å²) in [4.78, 5) is -0.112. The summed E-state index contributed by atoms with van der Waals surface area (Å²) in [5.74, 6) is -1.24. The zero-order chi connectivity index (χ0) is 14.5. The lowest BCUT2D eigenvalue weighted by Gasteiger charge is -2.15. The zero-order valence-corrected chi connectivity index (χ0v) is 11.6. The Hall–Kier alpha value is -1.59. The molecule has 0 amide bonds. The van der Waals surface area contributed by atoms with Gasteiger partial charge in [-0.1, -0.05) is 30.3 Å². The Labute approximate surface area is 119 Å². The van der Waals surface area contributed by atoms with E-state index in [2.05, 4.69) is 0 Å². The molecular weight excluding hydrogens is 280 g/mol. The first-order valence-electron chi connectivity index (χ1n) is 6.20. The van der Waals surface area contributed by atoms with E-state index in [1.54, 1.807) is 0 Å².